The number of allylic oxidation sites excluding steroid dienone is 2. The molecule has 0 bridgehead atoms. The van der Waals surface area contributed by atoms with E-state index in [1.54, 1.807) is 0 Å². The Labute approximate surface area is 321 Å². The molecule has 0 aromatic heterocycles. The van der Waals surface area contributed by atoms with Crippen LogP contribution in [0.5, 0.6) is 0 Å². The Morgan fingerprint density at radius 1 is 0.870 bits per heavy atom. The van der Waals surface area contributed by atoms with Gasteiger partial charge in [0, 0.05) is 6.92 Å². The first-order valence-electron chi connectivity index (χ1n) is 20.2. The molecule has 12 nitrogen and oxygen atoms in total. The Bertz CT molecular complexity index is 1410. The van der Waals surface area contributed by atoms with Crippen LogP contribution >= 0.6 is 0 Å². The fourth-order valence-electron chi connectivity index (χ4n) is 12.8. The van der Waals surface area contributed by atoms with Crippen molar-refractivity contribution in [3.8, 4) is 0 Å². The SMILES string of the molecule is C=C(C)/C=C/CC(C)(O)C1CCC2(C)C1C(O[C@@H]1OC[C@H](O)[C@H](O)[C@H]1O)CC1C3(C)CCC(OC4OC(COC(C)=O)C(O)C4O)C(C)(C)C3CCC12C. The van der Waals surface area contributed by atoms with Crippen molar-refractivity contribution in [1.29, 1.82) is 0 Å². The minimum Gasteiger partial charge on any atom is -0.463 e. The number of rotatable bonds is 10. The van der Waals surface area contributed by atoms with Gasteiger partial charge in [-0.25, -0.2) is 0 Å². The molecule has 6 rings (SSSR count). The summed E-state index contributed by atoms with van der Waals surface area (Å²) in [5, 5.41) is 65.7. The zero-order valence-corrected chi connectivity index (χ0v) is 33.6. The summed E-state index contributed by atoms with van der Waals surface area (Å²) >= 11 is 0. The Balaban J connectivity index is 1.29. The van der Waals surface area contributed by atoms with E-state index in [1.807, 2.05) is 26.0 Å². The zero-order chi connectivity index (χ0) is 39.8. The average Bonchev–Trinajstić information content (AvgIpc) is 3.59. The molecule has 4 saturated carbocycles. The Morgan fingerprint density at radius 2 is 1.54 bits per heavy atom. The number of esters is 1. The van der Waals surface area contributed by atoms with Crippen molar-refractivity contribution >= 4 is 5.97 Å². The quantitative estimate of drug-likeness (QED) is 0.108. The summed E-state index contributed by atoms with van der Waals surface area (Å²) in [7, 11) is 0. The van der Waals surface area contributed by atoms with Gasteiger partial charge in [0.15, 0.2) is 12.6 Å². The third-order valence-corrected chi connectivity index (χ3v) is 15.9. The number of hydrogen-bond donors (Lipinski definition) is 6. The van der Waals surface area contributed by atoms with Crippen LogP contribution in [-0.2, 0) is 28.5 Å². The predicted molar refractivity (Wildman–Crippen MR) is 198 cm³/mol. The minimum absolute atomic E-state index is 0.0630. The average molecular weight is 765 g/mol. The molecular weight excluding hydrogens is 696 g/mol. The lowest BCUT2D eigenvalue weighted by Crippen LogP contribution is -2.67. The maximum atomic E-state index is 12.2. The number of ether oxygens (including phenoxy) is 5. The molecule has 6 fully saturated rings. The van der Waals surface area contributed by atoms with Crippen molar-refractivity contribution in [2.45, 2.75) is 174 Å². The van der Waals surface area contributed by atoms with Crippen LogP contribution in [0.4, 0.5) is 0 Å². The molecule has 4 aliphatic carbocycles. The topological polar surface area (TPSA) is 185 Å². The van der Waals surface area contributed by atoms with Gasteiger partial charge in [0.1, 0.15) is 43.2 Å². The summed E-state index contributed by atoms with van der Waals surface area (Å²) in [5.74, 6) is -0.233. The lowest BCUT2D eigenvalue weighted by molar-refractivity contribution is -0.319. The highest BCUT2D eigenvalue weighted by Gasteiger charge is 2.72. The van der Waals surface area contributed by atoms with Gasteiger partial charge in [-0.2, -0.15) is 0 Å². The number of fused-ring (bicyclic) bond motifs is 5. The normalized spacial score (nSPS) is 49.8. The van der Waals surface area contributed by atoms with E-state index in [9.17, 15) is 35.4 Å². The van der Waals surface area contributed by atoms with Gasteiger partial charge in [0.05, 0.1) is 24.4 Å². The largest absolute Gasteiger partial charge is 0.463 e. The summed E-state index contributed by atoms with van der Waals surface area (Å²) < 4.78 is 30.3. The lowest BCUT2D eigenvalue weighted by Gasteiger charge is -2.71. The fourth-order valence-corrected chi connectivity index (χ4v) is 12.8. The van der Waals surface area contributed by atoms with E-state index in [1.165, 1.54) is 6.92 Å². The zero-order valence-electron chi connectivity index (χ0n) is 33.6. The van der Waals surface area contributed by atoms with Crippen LogP contribution in [0, 0.1) is 45.3 Å². The van der Waals surface area contributed by atoms with Crippen LogP contribution in [0.25, 0.3) is 0 Å². The van der Waals surface area contributed by atoms with Gasteiger partial charge in [-0.15, -0.1) is 0 Å². The monoisotopic (exact) mass is 764 g/mol. The molecule has 6 N–H and O–H groups in total. The number of carbonyl (C=O) groups is 1. The second kappa shape index (κ2) is 15.1. The summed E-state index contributed by atoms with van der Waals surface area (Å²) in [5.41, 5.74) is -0.939. The highest BCUT2D eigenvalue weighted by Crippen LogP contribution is 2.76. The van der Waals surface area contributed by atoms with Crippen LogP contribution in [-0.4, -0.2) is 117 Å². The summed E-state index contributed by atoms with van der Waals surface area (Å²) in [6.45, 7) is 20.5. The first-order chi connectivity index (χ1) is 25.1. The van der Waals surface area contributed by atoms with E-state index in [4.69, 9.17) is 23.7 Å². The summed E-state index contributed by atoms with van der Waals surface area (Å²) in [4.78, 5) is 11.4. The van der Waals surface area contributed by atoms with Crippen LogP contribution in [0.3, 0.4) is 0 Å². The third-order valence-electron chi connectivity index (χ3n) is 15.9. The fraction of sp³-hybridized carbons (Fsp3) is 0.881. The van der Waals surface area contributed by atoms with E-state index in [0.29, 0.717) is 19.3 Å². The van der Waals surface area contributed by atoms with Gasteiger partial charge in [-0.05, 0) is 111 Å². The number of aliphatic hydroxyl groups is 6. The maximum Gasteiger partial charge on any atom is 0.302 e. The van der Waals surface area contributed by atoms with Gasteiger partial charge >= 0.3 is 5.97 Å². The van der Waals surface area contributed by atoms with Crippen molar-refractivity contribution in [3.63, 3.8) is 0 Å². The Kier molecular flexibility index (Phi) is 11.8. The first kappa shape index (κ1) is 42.2. The van der Waals surface area contributed by atoms with E-state index < -0.39 is 66.9 Å². The standard InChI is InChI=1S/C42H68O12/c1-22(2)11-10-15-42(9,49)24-12-17-41(8)31(24)26(52-36-34(47)32(45)25(44)20-51-36)19-29-39(6)16-14-30(38(4,5)28(39)13-18-40(29,41)7)54-37-35(48)33(46)27(53-37)21-50-23(3)43/h10-11,24-37,44-49H,1,12-21H2,2-9H3/b11-10+/t24?,25-,26?,27?,28?,29?,30?,31?,32-,33?,34+,35?,36-,37?,39?,40?,41?,42?/m0/s1. The molecule has 308 valence electrons. The van der Waals surface area contributed by atoms with Gasteiger partial charge < -0.3 is 54.3 Å². The van der Waals surface area contributed by atoms with Gasteiger partial charge in [-0.3, -0.25) is 4.79 Å². The molecule has 2 saturated heterocycles. The second-order valence-corrected chi connectivity index (χ2v) is 19.4. The van der Waals surface area contributed by atoms with Gasteiger partial charge in [-0.1, -0.05) is 58.9 Å². The van der Waals surface area contributed by atoms with E-state index in [-0.39, 0.29) is 64.6 Å². The van der Waals surface area contributed by atoms with Crippen molar-refractivity contribution < 1.29 is 59.1 Å². The van der Waals surface area contributed by atoms with Crippen LogP contribution in [0.2, 0.25) is 0 Å². The number of carbonyl (C=O) groups excluding carboxylic acids is 1. The van der Waals surface area contributed by atoms with Crippen LogP contribution < -0.4 is 0 Å². The highest BCUT2D eigenvalue weighted by molar-refractivity contribution is 5.65. The molecule has 0 amide bonds. The van der Waals surface area contributed by atoms with E-state index in [2.05, 4.69) is 41.2 Å². The molecule has 0 aromatic rings. The molecule has 18 atom stereocenters. The van der Waals surface area contributed by atoms with Crippen molar-refractivity contribution in [3.05, 3.63) is 24.3 Å². The summed E-state index contributed by atoms with van der Waals surface area (Å²) in [6.07, 6.45) is 0.0224. The van der Waals surface area contributed by atoms with Crippen molar-refractivity contribution in [2.75, 3.05) is 13.2 Å². The van der Waals surface area contributed by atoms with E-state index >= 15 is 0 Å². The second-order valence-electron chi connectivity index (χ2n) is 19.4. The lowest BCUT2D eigenvalue weighted by atomic mass is 9.35. The smallest absolute Gasteiger partial charge is 0.302 e. The highest BCUT2D eigenvalue weighted by atomic mass is 16.7. The molecule has 2 heterocycles. The molecule has 0 radical (unpaired) electrons. The molecule has 0 aromatic carbocycles. The molecule has 54 heavy (non-hydrogen) atoms. The Morgan fingerprint density at radius 3 is 2.20 bits per heavy atom. The Hall–Kier alpha value is -1.45. The predicted octanol–water partition coefficient (Wildman–Crippen LogP) is 3.77. The minimum atomic E-state index is -1.42. The maximum absolute atomic E-state index is 12.2. The van der Waals surface area contributed by atoms with Crippen LogP contribution in [0.15, 0.2) is 24.3 Å². The summed E-state index contributed by atoms with van der Waals surface area (Å²) in [6, 6.07) is 0. The third kappa shape index (κ3) is 7.06. The molecule has 6 aliphatic rings. The van der Waals surface area contributed by atoms with Crippen molar-refractivity contribution in [2.24, 2.45) is 45.3 Å². The van der Waals surface area contributed by atoms with Gasteiger partial charge in [0.2, 0.25) is 0 Å². The molecular formula is C42H68O12. The molecule has 2 aliphatic heterocycles. The number of hydrogen-bond acceptors (Lipinski definition) is 12. The first-order valence-corrected chi connectivity index (χ1v) is 20.2. The van der Waals surface area contributed by atoms with Crippen LogP contribution in [0.1, 0.15) is 107 Å². The number of aliphatic hydroxyl groups excluding tert-OH is 5. The molecule has 14 unspecified atom stereocenters. The molecule has 0 spiro atoms. The molecule has 12 heteroatoms. The van der Waals surface area contributed by atoms with Gasteiger partial charge in [0.25, 0.3) is 0 Å². The van der Waals surface area contributed by atoms with E-state index in [0.717, 1.165) is 37.7 Å². The van der Waals surface area contributed by atoms with Crippen molar-refractivity contribution in [1.82, 2.24) is 0 Å².